The molecule has 5 aromatic rings. The van der Waals surface area contributed by atoms with Gasteiger partial charge in [-0.05, 0) is 125 Å². The number of aromatic nitrogens is 1. The highest BCUT2D eigenvalue weighted by molar-refractivity contribution is 5.87. The number of nitrogens with one attached hydrogen (secondary N) is 2. The Morgan fingerprint density at radius 1 is 0.769 bits per heavy atom. The number of nitrogens with zero attached hydrogens (tertiary/aromatic N) is 1. The van der Waals surface area contributed by atoms with Crippen molar-refractivity contribution >= 4 is 10.9 Å². The van der Waals surface area contributed by atoms with Gasteiger partial charge in [-0.25, -0.2) is 0 Å². The average Bonchev–Trinajstić information content (AvgIpc) is 3.13. The van der Waals surface area contributed by atoms with Crippen LogP contribution in [-0.2, 0) is 12.8 Å². The van der Waals surface area contributed by atoms with Gasteiger partial charge in [-0.2, -0.15) is 0 Å². The lowest BCUT2D eigenvalue weighted by molar-refractivity contribution is 0.170. The third-order valence-corrected chi connectivity index (χ3v) is 9.92. The predicted molar refractivity (Wildman–Crippen MR) is 211 cm³/mol. The normalized spacial score (nSPS) is 12.9. The Morgan fingerprint density at radius 2 is 1.48 bits per heavy atom. The number of H-pyrrole nitrogens is 1. The number of ether oxygens (including phenoxy) is 1. The van der Waals surface area contributed by atoms with Crippen LogP contribution in [0.4, 0.5) is 0 Å². The molecule has 1 unspecified atom stereocenters. The zero-order valence-corrected chi connectivity index (χ0v) is 31.0. The van der Waals surface area contributed by atoms with Crippen LogP contribution in [0.1, 0.15) is 86.8 Å². The van der Waals surface area contributed by atoms with Crippen LogP contribution >= 0.6 is 0 Å². The Bertz CT molecular complexity index is 1900. The molecule has 0 spiro atoms. The SMILES string of the molecule is CC(C)N(CC[C@H](c1ccccc1)c1cc(CCCCOc2ccc(CCNCC(O)c3ccc(O)c4[nH]c(=O)ccc34)cc2)ccc1O)C(C)C. The summed E-state index contributed by atoms with van der Waals surface area (Å²) in [5, 5.41) is 35.8. The first-order valence-corrected chi connectivity index (χ1v) is 18.7. The van der Waals surface area contributed by atoms with E-state index in [1.807, 2.05) is 30.3 Å². The third-order valence-electron chi connectivity index (χ3n) is 9.92. The monoisotopic (exact) mass is 705 g/mol. The first-order valence-electron chi connectivity index (χ1n) is 18.7. The van der Waals surface area contributed by atoms with Gasteiger partial charge in [-0.3, -0.25) is 9.69 Å². The molecule has 1 heterocycles. The van der Waals surface area contributed by atoms with E-state index in [1.54, 1.807) is 12.1 Å². The predicted octanol–water partition coefficient (Wildman–Crippen LogP) is 7.85. The second-order valence-electron chi connectivity index (χ2n) is 14.3. The van der Waals surface area contributed by atoms with Crippen molar-refractivity contribution < 1.29 is 20.1 Å². The molecule has 4 aromatic carbocycles. The van der Waals surface area contributed by atoms with Crippen LogP contribution in [-0.4, -0.2) is 63.5 Å². The van der Waals surface area contributed by atoms with Crippen LogP contribution in [0.3, 0.4) is 0 Å². The summed E-state index contributed by atoms with van der Waals surface area (Å²) < 4.78 is 6.05. The Labute approximate surface area is 308 Å². The zero-order valence-electron chi connectivity index (χ0n) is 31.0. The number of aromatic amines is 1. The molecule has 0 fully saturated rings. The van der Waals surface area contributed by atoms with E-state index in [0.29, 0.717) is 54.0 Å². The van der Waals surface area contributed by atoms with E-state index in [4.69, 9.17) is 4.74 Å². The molecule has 276 valence electrons. The number of phenols is 2. The average molecular weight is 706 g/mol. The van der Waals surface area contributed by atoms with Crippen molar-refractivity contribution in [2.24, 2.45) is 0 Å². The van der Waals surface area contributed by atoms with E-state index in [1.165, 1.54) is 28.8 Å². The van der Waals surface area contributed by atoms with Crippen LogP contribution in [0, 0.1) is 0 Å². The molecule has 0 radical (unpaired) electrons. The molecular weight excluding hydrogens is 651 g/mol. The quantitative estimate of drug-likeness (QED) is 0.0556. The summed E-state index contributed by atoms with van der Waals surface area (Å²) in [7, 11) is 0. The minimum absolute atomic E-state index is 0.0223. The minimum Gasteiger partial charge on any atom is -0.508 e. The van der Waals surface area contributed by atoms with Gasteiger partial charge in [-0.15, -0.1) is 0 Å². The van der Waals surface area contributed by atoms with E-state index >= 15 is 0 Å². The van der Waals surface area contributed by atoms with Crippen LogP contribution in [0.15, 0.2) is 102 Å². The first kappa shape index (κ1) is 38.6. The Morgan fingerprint density at radius 3 is 2.21 bits per heavy atom. The fourth-order valence-corrected chi connectivity index (χ4v) is 7.12. The zero-order chi connectivity index (χ0) is 37.0. The molecule has 0 saturated heterocycles. The van der Waals surface area contributed by atoms with Gasteiger partial charge in [0.15, 0.2) is 0 Å². The number of benzene rings is 4. The van der Waals surface area contributed by atoms with Crippen molar-refractivity contribution in [2.75, 3.05) is 26.2 Å². The highest BCUT2D eigenvalue weighted by atomic mass is 16.5. The van der Waals surface area contributed by atoms with Crippen molar-refractivity contribution in [1.82, 2.24) is 15.2 Å². The van der Waals surface area contributed by atoms with Crippen molar-refractivity contribution in [3.63, 3.8) is 0 Å². The summed E-state index contributed by atoms with van der Waals surface area (Å²) in [4.78, 5) is 16.8. The molecule has 5 rings (SSSR count). The number of hydrogen-bond acceptors (Lipinski definition) is 7. The lowest BCUT2D eigenvalue weighted by Crippen LogP contribution is -2.38. The summed E-state index contributed by atoms with van der Waals surface area (Å²) in [5.41, 5.74) is 5.31. The molecule has 0 bridgehead atoms. The van der Waals surface area contributed by atoms with Gasteiger partial charge in [0.1, 0.15) is 17.2 Å². The van der Waals surface area contributed by atoms with Gasteiger partial charge in [0.05, 0.1) is 18.2 Å². The molecule has 0 aliphatic carbocycles. The Balaban J connectivity index is 1.06. The number of aliphatic hydroxyl groups excluding tert-OH is 1. The van der Waals surface area contributed by atoms with Crippen LogP contribution in [0.5, 0.6) is 17.2 Å². The Hall–Kier alpha value is -4.63. The molecule has 2 atom stereocenters. The molecule has 52 heavy (non-hydrogen) atoms. The van der Waals surface area contributed by atoms with Crippen LogP contribution in [0.25, 0.3) is 10.9 Å². The van der Waals surface area contributed by atoms with Gasteiger partial charge in [0.25, 0.3) is 0 Å². The molecule has 0 aliphatic heterocycles. The van der Waals surface area contributed by atoms with E-state index in [0.717, 1.165) is 50.0 Å². The van der Waals surface area contributed by atoms with Gasteiger partial charge >= 0.3 is 0 Å². The maximum Gasteiger partial charge on any atom is 0.248 e. The summed E-state index contributed by atoms with van der Waals surface area (Å²) in [6.07, 6.45) is 3.78. The number of pyridine rings is 1. The third kappa shape index (κ3) is 10.5. The Kier molecular flexibility index (Phi) is 13.9. The van der Waals surface area contributed by atoms with E-state index < -0.39 is 6.10 Å². The molecule has 8 nitrogen and oxygen atoms in total. The highest BCUT2D eigenvalue weighted by Gasteiger charge is 2.22. The summed E-state index contributed by atoms with van der Waals surface area (Å²) >= 11 is 0. The molecule has 0 aliphatic rings. The lowest BCUT2D eigenvalue weighted by Gasteiger charge is -2.32. The number of aromatic hydroxyl groups is 2. The maximum atomic E-state index is 11.7. The number of unbranched alkanes of at least 4 members (excludes halogenated alkanes) is 1. The van der Waals surface area contributed by atoms with Crippen molar-refractivity contribution in [3.05, 3.63) is 135 Å². The van der Waals surface area contributed by atoms with Gasteiger partial charge < -0.3 is 30.4 Å². The maximum absolute atomic E-state index is 11.7. The van der Waals surface area contributed by atoms with Crippen LogP contribution in [0.2, 0.25) is 0 Å². The first-order chi connectivity index (χ1) is 25.1. The van der Waals surface area contributed by atoms with Crippen molar-refractivity contribution in [2.45, 2.75) is 83.9 Å². The van der Waals surface area contributed by atoms with Crippen molar-refractivity contribution in [1.29, 1.82) is 0 Å². The lowest BCUT2D eigenvalue weighted by atomic mass is 9.86. The van der Waals surface area contributed by atoms with E-state index in [9.17, 15) is 20.1 Å². The second-order valence-corrected chi connectivity index (χ2v) is 14.3. The molecule has 0 amide bonds. The molecular formula is C44H55N3O5. The largest absolute Gasteiger partial charge is 0.508 e. The smallest absolute Gasteiger partial charge is 0.248 e. The fraction of sp³-hybridized carbons (Fsp3) is 0.386. The minimum atomic E-state index is -0.789. The summed E-state index contributed by atoms with van der Waals surface area (Å²) in [6, 6.07) is 31.9. The van der Waals surface area contributed by atoms with E-state index in [-0.39, 0.29) is 17.2 Å². The van der Waals surface area contributed by atoms with E-state index in [2.05, 4.69) is 85.4 Å². The van der Waals surface area contributed by atoms with Gasteiger partial charge in [-0.1, -0.05) is 60.7 Å². The number of aryl methyl sites for hydroxylation is 1. The van der Waals surface area contributed by atoms with Crippen molar-refractivity contribution in [3.8, 4) is 17.2 Å². The number of aliphatic hydroxyl groups is 1. The topological polar surface area (TPSA) is 118 Å². The van der Waals surface area contributed by atoms with Crippen LogP contribution < -0.4 is 15.6 Å². The fourth-order valence-electron chi connectivity index (χ4n) is 7.12. The number of fused-ring (bicyclic) bond motifs is 1. The second kappa shape index (κ2) is 18.7. The molecule has 1 aromatic heterocycles. The molecule has 8 heteroatoms. The van der Waals surface area contributed by atoms with Gasteiger partial charge in [0.2, 0.25) is 5.56 Å². The standard InChI is InChI=1S/C44H55N3O5/c1-30(2)47(31(3)4)26-24-36(34-11-6-5-7-12-34)39-28-33(15-20-40(39)48)10-8-9-27-52-35-16-13-32(14-17-35)23-25-45-29-42(50)37-18-21-41(49)44-38(37)19-22-43(51)46-44/h5-7,11-22,28,30-31,36,42,45,48-50H,8-10,23-27,29H2,1-4H3,(H,46,51)/t36-,42?/m1/s1. The summed E-state index contributed by atoms with van der Waals surface area (Å²) in [6.45, 7) is 11.6. The molecule has 5 N–H and O–H groups in total. The van der Waals surface area contributed by atoms with Gasteiger partial charge in [0, 0.05) is 41.6 Å². The number of hydrogen-bond donors (Lipinski definition) is 5. The highest BCUT2D eigenvalue weighted by Crippen LogP contribution is 2.35. The number of rotatable bonds is 19. The number of phenolic OH excluding ortho intramolecular Hbond substituents is 2. The summed E-state index contributed by atoms with van der Waals surface area (Å²) in [5.74, 6) is 1.31. The molecule has 0 saturated carbocycles.